The number of benzene rings is 1. The van der Waals surface area contributed by atoms with Crippen LogP contribution >= 0.6 is 0 Å². The average molecular weight is 231 g/mol. The molecular weight excluding hydrogens is 214 g/mol. The monoisotopic (exact) mass is 231 g/mol. The third-order valence-corrected chi connectivity index (χ3v) is 3.44. The molecule has 0 saturated heterocycles. The molecule has 17 heavy (non-hydrogen) atoms. The highest BCUT2D eigenvalue weighted by Crippen LogP contribution is 2.41. The Morgan fingerprint density at radius 3 is 3.00 bits per heavy atom. The molecule has 0 radical (unpaired) electrons. The van der Waals surface area contributed by atoms with Crippen molar-refractivity contribution in [1.82, 2.24) is 10.9 Å². The van der Waals surface area contributed by atoms with E-state index in [4.69, 9.17) is 4.74 Å². The number of ether oxygens (including phenoxy) is 1. The predicted molar refractivity (Wildman–Crippen MR) is 67.2 cm³/mol. The minimum absolute atomic E-state index is 0.0954. The van der Waals surface area contributed by atoms with Crippen LogP contribution in [0.5, 0.6) is 5.75 Å². The van der Waals surface area contributed by atoms with Gasteiger partial charge in [-0.1, -0.05) is 17.7 Å². The lowest BCUT2D eigenvalue weighted by Gasteiger charge is -2.44. The Hall–Kier alpha value is -1.55. The fraction of sp³-hybridized carbons (Fsp3) is 0.462. The van der Waals surface area contributed by atoms with Crippen molar-refractivity contribution in [3.63, 3.8) is 0 Å². The Morgan fingerprint density at radius 1 is 1.35 bits per heavy atom. The van der Waals surface area contributed by atoms with Gasteiger partial charge in [0, 0.05) is 5.56 Å². The van der Waals surface area contributed by atoms with E-state index in [1.165, 1.54) is 11.1 Å². The molecule has 0 amide bonds. The quantitative estimate of drug-likeness (QED) is 0.714. The van der Waals surface area contributed by atoms with Crippen molar-refractivity contribution < 1.29 is 4.74 Å². The van der Waals surface area contributed by atoms with E-state index in [0.29, 0.717) is 0 Å². The molecule has 0 spiro atoms. The third-order valence-electron chi connectivity index (χ3n) is 3.44. The molecule has 4 nitrogen and oxygen atoms in total. The molecule has 4 heteroatoms. The first-order chi connectivity index (χ1) is 8.08. The van der Waals surface area contributed by atoms with Crippen molar-refractivity contribution in [2.24, 2.45) is 4.99 Å². The number of nitrogens with zero attached hydrogens (tertiary/aromatic N) is 1. The summed E-state index contributed by atoms with van der Waals surface area (Å²) in [6.07, 6.45) is 1.70. The summed E-state index contributed by atoms with van der Waals surface area (Å²) >= 11 is 0. The molecule has 2 N–H and O–H groups in total. The Balaban J connectivity index is 2.13. The van der Waals surface area contributed by atoms with Crippen molar-refractivity contribution in [3.8, 4) is 5.75 Å². The smallest absolute Gasteiger partial charge is 0.128 e. The number of hydrogen-bond donors (Lipinski definition) is 2. The van der Waals surface area contributed by atoms with Crippen LogP contribution in [0.15, 0.2) is 23.2 Å². The molecule has 1 aromatic rings. The average Bonchev–Trinajstić information content (AvgIpc) is 2.30. The maximum Gasteiger partial charge on any atom is 0.128 e. The minimum Gasteiger partial charge on any atom is -0.485 e. The summed E-state index contributed by atoms with van der Waals surface area (Å²) in [5, 5.41) is 0. The summed E-state index contributed by atoms with van der Waals surface area (Å²) in [5.41, 5.74) is 8.39. The van der Waals surface area contributed by atoms with Gasteiger partial charge in [-0.2, -0.15) is 0 Å². The molecule has 0 aliphatic carbocycles. The standard InChI is InChI=1S/C13H17N3O/c1-8-4-5-10-9(6-8)11-12(13(2,3)17-10)14-7-15-16-11/h4-7,11-12,16H,1-3H3,(H,14,15). The number of aryl methyl sites for hydroxylation is 1. The SMILES string of the molecule is Cc1ccc2c(c1)C1NNC=NC1C(C)(C)O2. The highest BCUT2D eigenvalue weighted by molar-refractivity contribution is 5.57. The van der Waals surface area contributed by atoms with Crippen LogP contribution in [0.1, 0.15) is 31.0 Å². The number of aliphatic imine (C=N–C) groups is 1. The van der Waals surface area contributed by atoms with Gasteiger partial charge in [-0.25, -0.2) is 5.43 Å². The number of hydrogen-bond acceptors (Lipinski definition) is 4. The van der Waals surface area contributed by atoms with E-state index in [9.17, 15) is 0 Å². The lowest BCUT2D eigenvalue weighted by Crippen LogP contribution is -2.56. The molecule has 0 saturated carbocycles. The lowest BCUT2D eigenvalue weighted by atomic mass is 9.84. The second kappa shape index (κ2) is 3.47. The maximum atomic E-state index is 6.06. The number of rotatable bonds is 0. The molecule has 3 rings (SSSR count). The zero-order chi connectivity index (χ0) is 12.0. The van der Waals surface area contributed by atoms with Crippen molar-refractivity contribution in [3.05, 3.63) is 29.3 Å². The van der Waals surface area contributed by atoms with E-state index in [1.54, 1.807) is 6.34 Å². The van der Waals surface area contributed by atoms with E-state index in [-0.39, 0.29) is 17.7 Å². The highest BCUT2D eigenvalue weighted by atomic mass is 16.5. The molecule has 90 valence electrons. The number of nitrogens with one attached hydrogen (secondary N) is 2. The zero-order valence-electron chi connectivity index (χ0n) is 10.3. The van der Waals surface area contributed by atoms with Crippen molar-refractivity contribution in [2.45, 2.75) is 38.5 Å². The fourth-order valence-corrected chi connectivity index (χ4v) is 2.59. The van der Waals surface area contributed by atoms with E-state index in [0.717, 1.165) is 5.75 Å². The molecule has 2 aliphatic rings. The van der Waals surface area contributed by atoms with Gasteiger partial charge in [0.1, 0.15) is 17.4 Å². The van der Waals surface area contributed by atoms with Crippen molar-refractivity contribution in [1.29, 1.82) is 0 Å². The van der Waals surface area contributed by atoms with Gasteiger partial charge >= 0.3 is 0 Å². The molecule has 0 fully saturated rings. The first-order valence-corrected chi connectivity index (χ1v) is 5.90. The van der Waals surface area contributed by atoms with E-state index in [1.807, 2.05) is 6.07 Å². The van der Waals surface area contributed by atoms with Crippen LogP contribution in [0.2, 0.25) is 0 Å². The zero-order valence-corrected chi connectivity index (χ0v) is 10.3. The Bertz CT molecular complexity index is 482. The summed E-state index contributed by atoms with van der Waals surface area (Å²) in [5.74, 6) is 0.952. The highest BCUT2D eigenvalue weighted by Gasteiger charge is 2.44. The normalized spacial score (nSPS) is 28.6. The summed E-state index contributed by atoms with van der Waals surface area (Å²) in [6, 6.07) is 6.55. The van der Waals surface area contributed by atoms with E-state index < -0.39 is 0 Å². The van der Waals surface area contributed by atoms with Gasteiger partial charge in [-0.3, -0.25) is 4.99 Å². The second-order valence-corrected chi connectivity index (χ2v) is 5.24. The Morgan fingerprint density at radius 2 is 2.18 bits per heavy atom. The topological polar surface area (TPSA) is 45.7 Å². The van der Waals surface area contributed by atoms with Gasteiger partial charge in [-0.15, -0.1) is 0 Å². The molecule has 2 unspecified atom stereocenters. The molecule has 0 bridgehead atoms. The Labute approximate surface area is 101 Å². The van der Waals surface area contributed by atoms with Crippen LogP contribution in [-0.4, -0.2) is 18.0 Å². The van der Waals surface area contributed by atoms with Crippen LogP contribution in [0, 0.1) is 6.92 Å². The van der Waals surface area contributed by atoms with Gasteiger partial charge in [0.25, 0.3) is 0 Å². The predicted octanol–water partition coefficient (Wildman–Crippen LogP) is 1.71. The van der Waals surface area contributed by atoms with Gasteiger partial charge < -0.3 is 10.2 Å². The van der Waals surface area contributed by atoms with Crippen LogP contribution < -0.4 is 15.6 Å². The largest absolute Gasteiger partial charge is 0.485 e. The van der Waals surface area contributed by atoms with Gasteiger partial charge in [0.2, 0.25) is 0 Å². The van der Waals surface area contributed by atoms with Gasteiger partial charge in [-0.05, 0) is 26.8 Å². The maximum absolute atomic E-state index is 6.06. The van der Waals surface area contributed by atoms with Crippen LogP contribution in [-0.2, 0) is 0 Å². The molecule has 2 atom stereocenters. The first-order valence-electron chi connectivity index (χ1n) is 5.90. The van der Waals surface area contributed by atoms with E-state index in [2.05, 4.69) is 48.7 Å². The van der Waals surface area contributed by atoms with Gasteiger partial charge in [0.15, 0.2) is 0 Å². The van der Waals surface area contributed by atoms with Crippen LogP contribution in [0.25, 0.3) is 0 Å². The summed E-state index contributed by atoms with van der Waals surface area (Å²) in [6.45, 7) is 6.25. The minimum atomic E-state index is -0.293. The molecule has 0 aromatic heterocycles. The Kier molecular flexibility index (Phi) is 2.16. The second-order valence-electron chi connectivity index (χ2n) is 5.24. The number of fused-ring (bicyclic) bond motifs is 3. The van der Waals surface area contributed by atoms with Crippen molar-refractivity contribution in [2.75, 3.05) is 0 Å². The van der Waals surface area contributed by atoms with Crippen LogP contribution in [0.3, 0.4) is 0 Å². The van der Waals surface area contributed by atoms with Crippen molar-refractivity contribution >= 4 is 6.34 Å². The molecule has 2 heterocycles. The van der Waals surface area contributed by atoms with Gasteiger partial charge in [0.05, 0.1) is 12.4 Å². The summed E-state index contributed by atoms with van der Waals surface area (Å²) < 4.78 is 6.06. The molecule has 1 aromatic carbocycles. The molecular formula is C13H17N3O. The molecule has 2 aliphatic heterocycles. The summed E-state index contributed by atoms with van der Waals surface area (Å²) in [4.78, 5) is 4.51. The third kappa shape index (κ3) is 1.60. The van der Waals surface area contributed by atoms with E-state index >= 15 is 0 Å². The van der Waals surface area contributed by atoms with Crippen LogP contribution in [0.4, 0.5) is 0 Å². The summed E-state index contributed by atoms with van der Waals surface area (Å²) in [7, 11) is 0. The number of hydrazine groups is 1. The lowest BCUT2D eigenvalue weighted by molar-refractivity contribution is 0.0400. The fourth-order valence-electron chi connectivity index (χ4n) is 2.59. The first kappa shape index (κ1) is 10.6.